The number of pyridine rings is 1. The molecule has 0 bridgehead atoms. The third kappa shape index (κ3) is 3.16. The van der Waals surface area contributed by atoms with Gasteiger partial charge in [0.05, 0.1) is 4.92 Å². The third-order valence-corrected chi connectivity index (χ3v) is 2.60. The second-order valence-corrected chi connectivity index (χ2v) is 4.06. The quantitative estimate of drug-likeness (QED) is 0.452. The Morgan fingerprint density at radius 3 is 2.87 bits per heavy atom. The second kappa shape index (κ2) is 5.07. The van der Waals surface area contributed by atoms with Crippen molar-refractivity contribution in [3.8, 4) is 0 Å². The SMILES string of the molecule is CCC(Cl)Cc1ncc(C)cc1[N+](=O)[O-]. The molecule has 1 heterocycles. The Morgan fingerprint density at radius 2 is 2.33 bits per heavy atom. The van der Waals surface area contributed by atoms with Gasteiger partial charge in [-0.25, -0.2) is 0 Å². The summed E-state index contributed by atoms with van der Waals surface area (Å²) in [5.74, 6) is 0. The summed E-state index contributed by atoms with van der Waals surface area (Å²) in [6, 6.07) is 1.53. The number of alkyl halides is 1. The van der Waals surface area contributed by atoms with E-state index in [2.05, 4.69) is 4.98 Å². The Hall–Kier alpha value is -1.16. The minimum absolute atomic E-state index is 0.0640. The number of rotatable bonds is 4. The molecule has 0 spiro atoms. The molecule has 0 N–H and O–H groups in total. The van der Waals surface area contributed by atoms with Crippen LogP contribution in [-0.4, -0.2) is 15.3 Å². The lowest BCUT2D eigenvalue weighted by atomic mass is 10.1. The van der Waals surface area contributed by atoms with E-state index in [1.807, 2.05) is 6.92 Å². The van der Waals surface area contributed by atoms with Crippen molar-refractivity contribution in [2.75, 3.05) is 0 Å². The molecule has 1 aromatic rings. The van der Waals surface area contributed by atoms with Crippen molar-refractivity contribution in [3.63, 3.8) is 0 Å². The van der Waals surface area contributed by atoms with Gasteiger partial charge in [0, 0.05) is 24.1 Å². The fourth-order valence-corrected chi connectivity index (χ4v) is 1.40. The predicted octanol–water partition coefficient (Wildman–Crippen LogP) is 2.86. The van der Waals surface area contributed by atoms with Crippen LogP contribution in [0.25, 0.3) is 0 Å². The van der Waals surface area contributed by atoms with Gasteiger partial charge in [-0.2, -0.15) is 0 Å². The van der Waals surface area contributed by atoms with E-state index in [1.54, 1.807) is 13.1 Å². The van der Waals surface area contributed by atoms with Crippen LogP contribution in [-0.2, 0) is 6.42 Å². The fraction of sp³-hybridized carbons (Fsp3) is 0.500. The maximum atomic E-state index is 10.8. The first-order valence-corrected chi connectivity index (χ1v) is 5.22. The van der Waals surface area contributed by atoms with E-state index >= 15 is 0 Å². The monoisotopic (exact) mass is 228 g/mol. The van der Waals surface area contributed by atoms with Crippen molar-refractivity contribution >= 4 is 17.3 Å². The van der Waals surface area contributed by atoms with E-state index in [1.165, 1.54) is 6.07 Å². The zero-order valence-corrected chi connectivity index (χ0v) is 9.49. The zero-order chi connectivity index (χ0) is 11.4. The Kier molecular flexibility index (Phi) is 4.03. The summed E-state index contributed by atoms with van der Waals surface area (Å²) in [6.45, 7) is 3.72. The molecule has 82 valence electrons. The molecular weight excluding hydrogens is 216 g/mol. The van der Waals surface area contributed by atoms with Crippen molar-refractivity contribution in [2.24, 2.45) is 0 Å². The molecule has 0 amide bonds. The molecule has 4 nitrogen and oxygen atoms in total. The molecule has 0 saturated heterocycles. The average molecular weight is 229 g/mol. The maximum absolute atomic E-state index is 10.8. The number of halogens is 1. The number of hydrogen-bond donors (Lipinski definition) is 0. The van der Waals surface area contributed by atoms with Crippen molar-refractivity contribution in [1.82, 2.24) is 4.98 Å². The number of nitrogens with zero attached hydrogens (tertiary/aromatic N) is 2. The van der Waals surface area contributed by atoms with Crippen LogP contribution in [0.15, 0.2) is 12.3 Å². The molecule has 1 aromatic heterocycles. The Labute approximate surface area is 93.4 Å². The van der Waals surface area contributed by atoms with E-state index in [4.69, 9.17) is 11.6 Å². The molecule has 0 aliphatic rings. The fourth-order valence-electron chi connectivity index (χ4n) is 1.25. The number of aromatic nitrogens is 1. The van der Waals surface area contributed by atoms with Crippen molar-refractivity contribution in [3.05, 3.63) is 33.6 Å². The van der Waals surface area contributed by atoms with Gasteiger partial charge in [0.25, 0.3) is 5.69 Å². The summed E-state index contributed by atoms with van der Waals surface area (Å²) in [5, 5.41) is 10.7. The third-order valence-electron chi connectivity index (χ3n) is 2.14. The molecule has 0 aromatic carbocycles. The van der Waals surface area contributed by atoms with E-state index in [9.17, 15) is 10.1 Å². The van der Waals surface area contributed by atoms with Gasteiger partial charge in [0.1, 0.15) is 5.69 Å². The van der Waals surface area contributed by atoms with Crippen LogP contribution in [0, 0.1) is 17.0 Å². The van der Waals surface area contributed by atoms with Crippen LogP contribution in [0.4, 0.5) is 5.69 Å². The topological polar surface area (TPSA) is 56.0 Å². The summed E-state index contributed by atoms with van der Waals surface area (Å²) in [4.78, 5) is 14.4. The molecule has 0 fully saturated rings. The lowest BCUT2D eigenvalue weighted by Gasteiger charge is -2.06. The number of hydrogen-bond acceptors (Lipinski definition) is 3. The van der Waals surface area contributed by atoms with E-state index < -0.39 is 4.92 Å². The van der Waals surface area contributed by atoms with Crippen LogP contribution in [0.1, 0.15) is 24.6 Å². The molecule has 0 radical (unpaired) electrons. The van der Waals surface area contributed by atoms with Gasteiger partial charge in [0.15, 0.2) is 0 Å². The Morgan fingerprint density at radius 1 is 1.67 bits per heavy atom. The highest BCUT2D eigenvalue weighted by Crippen LogP contribution is 2.21. The molecule has 0 aliphatic carbocycles. The minimum Gasteiger partial charge on any atom is -0.258 e. The molecule has 1 atom stereocenters. The lowest BCUT2D eigenvalue weighted by Crippen LogP contribution is -2.06. The summed E-state index contributed by atoms with van der Waals surface area (Å²) >= 11 is 5.95. The first-order chi connectivity index (χ1) is 7.04. The molecule has 0 aliphatic heterocycles. The maximum Gasteiger partial charge on any atom is 0.291 e. The minimum atomic E-state index is -0.408. The van der Waals surface area contributed by atoms with Crippen LogP contribution in [0.5, 0.6) is 0 Å². The van der Waals surface area contributed by atoms with Gasteiger partial charge < -0.3 is 0 Å². The van der Waals surface area contributed by atoms with E-state index in [0.717, 1.165) is 12.0 Å². The molecule has 0 saturated carbocycles. The highest BCUT2D eigenvalue weighted by molar-refractivity contribution is 6.20. The van der Waals surface area contributed by atoms with Gasteiger partial charge in [-0.1, -0.05) is 6.92 Å². The van der Waals surface area contributed by atoms with Crippen LogP contribution in [0.3, 0.4) is 0 Å². The molecule has 15 heavy (non-hydrogen) atoms. The summed E-state index contributed by atoms with van der Waals surface area (Å²) in [7, 11) is 0. The first-order valence-electron chi connectivity index (χ1n) is 4.78. The van der Waals surface area contributed by atoms with Gasteiger partial charge in [-0.15, -0.1) is 11.6 Å². The second-order valence-electron chi connectivity index (χ2n) is 3.45. The zero-order valence-electron chi connectivity index (χ0n) is 8.74. The van der Waals surface area contributed by atoms with Gasteiger partial charge in [0.2, 0.25) is 0 Å². The summed E-state index contributed by atoms with van der Waals surface area (Å²) in [5.41, 5.74) is 1.31. The van der Waals surface area contributed by atoms with Crippen LogP contribution >= 0.6 is 11.6 Å². The van der Waals surface area contributed by atoms with Crippen LogP contribution < -0.4 is 0 Å². The molecule has 1 unspecified atom stereocenters. The molecule has 5 heteroatoms. The average Bonchev–Trinajstić information content (AvgIpc) is 2.20. The number of nitro groups is 1. The van der Waals surface area contributed by atoms with Crippen LogP contribution in [0.2, 0.25) is 0 Å². The van der Waals surface area contributed by atoms with Gasteiger partial charge >= 0.3 is 0 Å². The van der Waals surface area contributed by atoms with Crippen molar-refractivity contribution < 1.29 is 4.92 Å². The van der Waals surface area contributed by atoms with Crippen molar-refractivity contribution in [1.29, 1.82) is 0 Å². The van der Waals surface area contributed by atoms with E-state index in [0.29, 0.717) is 12.1 Å². The van der Waals surface area contributed by atoms with E-state index in [-0.39, 0.29) is 11.1 Å². The standard InChI is InChI=1S/C10H13ClN2O2/c1-3-8(11)5-9-10(13(14)15)4-7(2)6-12-9/h4,6,8H,3,5H2,1-2H3. The predicted molar refractivity (Wildman–Crippen MR) is 59.3 cm³/mol. The Bertz CT molecular complexity index is 368. The normalized spacial score (nSPS) is 12.5. The lowest BCUT2D eigenvalue weighted by molar-refractivity contribution is -0.386. The van der Waals surface area contributed by atoms with Crippen molar-refractivity contribution in [2.45, 2.75) is 32.1 Å². The molecule has 1 rings (SSSR count). The summed E-state index contributed by atoms with van der Waals surface area (Å²) < 4.78 is 0. The largest absolute Gasteiger partial charge is 0.291 e. The Balaban J connectivity index is 3.01. The smallest absolute Gasteiger partial charge is 0.258 e. The summed E-state index contributed by atoms with van der Waals surface area (Å²) in [6.07, 6.45) is 2.84. The molecular formula is C10H13ClN2O2. The highest BCUT2D eigenvalue weighted by Gasteiger charge is 2.17. The number of aryl methyl sites for hydroxylation is 1. The van der Waals surface area contributed by atoms with Gasteiger partial charge in [-0.3, -0.25) is 15.1 Å². The van der Waals surface area contributed by atoms with Gasteiger partial charge in [-0.05, 0) is 18.9 Å². The highest BCUT2D eigenvalue weighted by atomic mass is 35.5. The first kappa shape index (κ1) is 11.9.